The van der Waals surface area contributed by atoms with Gasteiger partial charge in [-0.2, -0.15) is 0 Å². The lowest BCUT2D eigenvalue weighted by molar-refractivity contribution is 0.292. The van der Waals surface area contributed by atoms with Gasteiger partial charge in [0.15, 0.2) is 5.17 Å². The van der Waals surface area contributed by atoms with E-state index in [0.717, 1.165) is 11.8 Å². The minimum absolute atomic E-state index is 0.326. The molecule has 0 radical (unpaired) electrons. The lowest BCUT2D eigenvalue weighted by Crippen LogP contribution is -2.46. The van der Waals surface area contributed by atoms with Gasteiger partial charge in [0, 0.05) is 10.8 Å². The molecular weight excluding hydrogens is 204 g/mol. The molecule has 0 saturated heterocycles. The fraction of sp³-hybridized carbons (Fsp3) is 0.917. The van der Waals surface area contributed by atoms with Crippen molar-refractivity contribution in [2.75, 3.05) is 6.54 Å². The Morgan fingerprint density at radius 2 is 2.13 bits per heavy atom. The minimum atomic E-state index is 0.326. The number of amidine groups is 1. The number of nitrogens with one attached hydrogen (secondary N) is 1. The molecule has 1 aliphatic carbocycles. The molecule has 1 atom stereocenters. The Bertz CT molecular complexity index is 244. The van der Waals surface area contributed by atoms with Crippen LogP contribution in [0.4, 0.5) is 0 Å². The van der Waals surface area contributed by atoms with E-state index in [-0.39, 0.29) is 0 Å². The highest BCUT2D eigenvalue weighted by atomic mass is 32.2. The van der Waals surface area contributed by atoms with Crippen molar-refractivity contribution in [3.05, 3.63) is 0 Å². The van der Waals surface area contributed by atoms with Gasteiger partial charge in [-0.1, -0.05) is 37.9 Å². The topological polar surface area (TPSA) is 24.4 Å². The van der Waals surface area contributed by atoms with E-state index >= 15 is 0 Å². The molecule has 2 aliphatic rings. The van der Waals surface area contributed by atoms with Gasteiger partial charge in [-0.25, -0.2) is 0 Å². The van der Waals surface area contributed by atoms with Crippen LogP contribution in [0.5, 0.6) is 0 Å². The molecule has 1 heterocycles. The van der Waals surface area contributed by atoms with Gasteiger partial charge in [0.2, 0.25) is 0 Å². The maximum Gasteiger partial charge on any atom is 0.157 e. The van der Waals surface area contributed by atoms with Gasteiger partial charge < -0.3 is 5.32 Å². The van der Waals surface area contributed by atoms with E-state index in [2.05, 4.69) is 24.2 Å². The standard InChI is InChI=1S/C12H22N2S/c1-3-10-9-13-11(15-10)14-12(2)7-5-4-6-8-12/h10H,3-9H2,1-2H3,(H,13,14). The second-order valence-electron chi connectivity index (χ2n) is 5.04. The summed E-state index contributed by atoms with van der Waals surface area (Å²) in [6.45, 7) is 5.62. The molecule has 86 valence electrons. The smallest absolute Gasteiger partial charge is 0.157 e. The van der Waals surface area contributed by atoms with Crippen LogP contribution >= 0.6 is 11.8 Å². The van der Waals surface area contributed by atoms with Gasteiger partial charge in [0.1, 0.15) is 0 Å². The molecule has 0 aromatic carbocycles. The molecule has 2 nitrogen and oxygen atoms in total. The summed E-state index contributed by atoms with van der Waals surface area (Å²) in [5.74, 6) is 0. The molecule has 15 heavy (non-hydrogen) atoms. The van der Waals surface area contributed by atoms with Crippen molar-refractivity contribution in [2.45, 2.75) is 63.2 Å². The van der Waals surface area contributed by atoms with Crippen LogP contribution in [0.15, 0.2) is 4.99 Å². The summed E-state index contributed by atoms with van der Waals surface area (Å²) in [5, 5.41) is 5.59. The maximum atomic E-state index is 4.60. The molecule has 2 rings (SSSR count). The molecule has 1 aliphatic heterocycles. The second-order valence-corrected chi connectivity index (χ2v) is 6.33. The van der Waals surface area contributed by atoms with E-state index in [1.165, 1.54) is 43.7 Å². The molecule has 1 unspecified atom stereocenters. The van der Waals surface area contributed by atoms with Crippen molar-refractivity contribution in [3.63, 3.8) is 0 Å². The number of hydrogen-bond donors (Lipinski definition) is 1. The number of rotatable bonds is 2. The largest absolute Gasteiger partial charge is 0.360 e. The fourth-order valence-electron chi connectivity index (χ4n) is 2.41. The highest BCUT2D eigenvalue weighted by molar-refractivity contribution is 8.14. The van der Waals surface area contributed by atoms with Crippen molar-refractivity contribution in [2.24, 2.45) is 4.99 Å². The zero-order valence-corrected chi connectivity index (χ0v) is 10.7. The number of nitrogens with zero attached hydrogens (tertiary/aromatic N) is 1. The molecule has 0 spiro atoms. The van der Waals surface area contributed by atoms with Crippen LogP contribution in [0.1, 0.15) is 52.4 Å². The predicted octanol–water partition coefficient (Wildman–Crippen LogP) is 3.18. The average molecular weight is 226 g/mol. The first-order valence-electron chi connectivity index (χ1n) is 6.21. The molecule has 0 bridgehead atoms. The zero-order valence-electron chi connectivity index (χ0n) is 9.88. The molecule has 0 aromatic rings. The third-order valence-corrected chi connectivity index (χ3v) is 4.81. The van der Waals surface area contributed by atoms with Crippen LogP contribution in [-0.2, 0) is 0 Å². The van der Waals surface area contributed by atoms with Crippen molar-refractivity contribution in [1.82, 2.24) is 5.32 Å². The van der Waals surface area contributed by atoms with E-state index in [4.69, 9.17) is 0 Å². The third-order valence-electron chi connectivity index (χ3n) is 3.54. The molecule has 1 saturated carbocycles. The zero-order chi connectivity index (χ0) is 10.7. The monoisotopic (exact) mass is 226 g/mol. The Kier molecular flexibility index (Phi) is 3.60. The average Bonchev–Trinajstić information content (AvgIpc) is 2.66. The van der Waals surface area contributed by atoms with Crippen LogP contribution in [0.2, 0.25) is 0 Å². The van der Waals surface area contributed by atoms with Crippen molar-refractivity contribution in [1.29, 1.82) is 0 Å². The summed E-state index contributed by atoms with van der Waals surface area (Å²) >= 11 is 1.94. The van der Waals surface area contributed by atoms with Crippen LogP contribution in [-0.4, -0.2) is 22.5 Å². The maximum absolute atomic E-state index is 4.60. The Labute approximate surface area is 97.3 Å². The van der Waals surface area contributed by atoms with E-state index in [0.29, 0.717) is 5.54 Å². The van der Waals surface area contributed by atoms with Crippen LogP contribution < -0.4 is 5.32 Å². The first-order chi connectivity index (χ1) is 7.22. The number of aliphatic imine (C=N–C) groups is 1. The van der Waals surface area contributed by atoms with Gasteiger partial charge in [-0.15, -0.1) is 0 Å². The number of hydrogen-bond acceptors (Lipinski definition) is 3. The molecule has 0 amide bonds. The van der Waals surface area contributed by atoms with Crippen molar-refractivity contribution >= 4 is 16.9 Å². The Morgan fingerprint density at radius 3 is 2.73 bits per heavy atom. The highest BCUT2D eigenvalue weighted by Gasteiger charge is 2.29. The first-order valence-corrected chi connectivity index (χ1v) is 7.09. The van der Waals surface area contributed by atoms with Crippen molar-refractivity contribution in [3.8, 4) is 0 Å². The van der Waals surface area contributed by atoms with Gasteiger partial charge in [-0.05, 0) is 26.2 Å². The summed E-state index contributed by atoms with van der Waals surface area (Å²) < 4.78 is 0. The van der Waals surface area contributed by atoms with E-state index in [1.54, 1.807) is 0 Å². The van der Waals surface area contributed by atoms with E-state index in [1.807, 2.05) is 11.8 Å². The molecule has 0 aromatic heterocycles. The summed E-state index contributed by atoms with van der Waals surface area (Å²) in [5.41, 5.74) is 0.326. The Hall–Kier alpha value is -0.180. The molecule has 1 N–H and O–H groups in total. The first kappa shape index (κ1) is 11.3. The summed E-state index contributed by atoms with van der Waals surface area (Å²) in [4.78, 5) is 4.60. The summed E-state index contributed by atoms with van der Waals surface area (Å²) in [6.07, 6.45) is 8.01. The lowest BCUT2D eigenvalue weighted by Gasteiger charge is -2.35. The summed E-state index contributed by atoms with van der Waals surface area (Å²) in [7, 11) is 0. The molecule has 1 fully saturated rings. The Balaban J connectivity index is 1.86. The SMILES string of the molecule is CCC1CN=C(NC2(C)CCCCC2)S1. The van der Waals surface area contributed by atoms with Gasteiger partial charge in [-0.3, -0.25) is 4.99 Å². The third kappa shape index (κ3) is 2.90. The van der Waals surface area contributed by atoms with Gasteiger partial charge in [0.25, 0.3) is 0 Å². The summed E-state index contributed by atoms with van der Waals surface area (Å²) in [6, 6.07) is 0. The molecule has 3 heteroatoms. The van der Waals surface area contributed by atoms with Gasteiger partial charge >= 0.3 is 0 Å². The van der Waals surface area contributed by atoms with Crippen LogP contribution in [0.25, 0.3) is 0 Å². The Morgan fingerprint density at radius 1 is 1.40 bits per heavy atom. The second kappa shape index (κ2) is 4.77. The quantitative estimate of drug-likeness (QED) is 0.782. The van der Waals surface area contributed by atoms with Crippen molar-refractivity contribution < 1.29 is 0 Å². The predicted molar refractivity (Wildman–Crippen MR) is 68.6 cm³/mol. The van der Waals surface area contributed by atoms with Gasteiger partial charge in [0.05, 0.1) is 6.54 Å². The highest BCUT2D eigenvalue weighted by Crippen LogP contribution is 2.30. The number of thioether (sulfide) groups is 1. The van der Waals surface area contributed by atoms with E-state index < -0.39 is 0 Å². The fourth-order valence-corrected chi connectivity index (χ4v) is 3.50. The van der Waals surface area contributed by atoms with Crippen LogP contribution in [0.3, 0.4) is 0 Å². The minimum Gasteiger partial charge on any atom is -0.360 e. The lowest BCUT2D eigenvalue weighted by atomic mass is 9.83. The molecular formula is C12H22N2S. The van der Waals surface area contributed by atoms with E-state index in [9.17, 15) is 0 Å². The normalized spacial score (nSPS) is 30.0. The van der Waals surface area contributed by atoms with Crippen LogP contribution in [0, 0.1) is 0 Å².